The summed E-state index contributed by atoms with van der Waals surface area (Å²) >= 11 is 0. The summed E-state index contributed by atoms with van der Waals surface area (Å²) in [5.41, 5.74) is -0.396. The average Bonchev–Trinajstić information content (AvgIpc) is 2.35. The summed E-state index contributed by atoms with van der Waals surface area (Å²) in [7, 11) is 0. The largest absolute Gasteiger partial charge is 0.480 e. The first-order valence-corrected chi connectivity index (χ1v) is 6.20. The van der Waals surface area contributed by atoms with Crippen molar-refractivity contribution in [3.8, 4) is 0 Å². The summed E-state index contributed by atoms with van der Waals surface area (Å²) in [6, 6.07) is 7.85. The van der Waals surface area contributed by atoms with Crippen molar-refractivity contribution in [1.82, 2.24) is 5.32 Å². The topological polar surface area (TPSA) is 95.9 Å². The van der Waals surface area contributed by atoms with Crippen molar-refractivity contribution in [2.45, 2.75) is 38.5 Å². The lowest BCUT2D eigenvalue weighted by atomic mass is 9.99. The number of amides is 1. The van der Waals surface area contributed by atoms with Gasteiger partial charge in [-0.3, -0.25) is 0 Å². The summed E-state index contributed by atoms with van der Waals surface area (Å²) in [6.07, 6.45) is -0.937. The number of carbonyl (C=O) groups is 2. The zero-order chi connectivity index (χ0) is 15.2. The summed E-state index contributed by atoms with van der Waals surface area (Å²) in [5, 5.41) is 20.8. The van der Waals surface area contributed by atoms with Crippen LogP contribution in [0.15, 0.2) is 30.3 Å². The Kier molecular flexibility index (Phi) is 5.52. The zero-order valence-corrected chi connectivity index (χ0v) is 11.5. The molecule has 0 spiro atoms. The van der Waals surface area contributed by atoms with Crippen molar-refractivity contribution < 1.29 is 24.5 Å². The van der Waals surface area contributed by atoms with Crippen LogP contribution in [0.5, 0.6) is 0 Å². The fraction of sp³-hybridized carbons (Fsp3) is 0.429. The number of hydrogen-bond donors (Lipinski definition) is 3. The third-order valence-electron chi connectivity index (χ3n) is 2.51. The van der Waals surface area contributed by atoms with Gasteiger partial charge in [-0.2, -0.15) is 0 Å². The standard InChI is InChI=1S/C14H19NO5/c1-14(2,19)8-11(12(16)17)15-13(18)20-9-10-6-4-3-5-7-10/h3-7,11,19H,8-9H2,1-2H3,(H,15,18)(H,16,17)/t11-/m1/s1. The SMILES string of the molecule is CC(C)(O)C[C@@H](NC(=O)OCc1ccccc1)C(=O)O. The molecule has 0 aliphatic carbocycles. The summed E-state index contributed by atoms with van der Waals surface area (Å²) in [5.74, 6) is -1.22. The third-order valence-corrected chi connectivity index (χ3v) is 2.51. The molecule has 0 unspecified atom stereocenters. The molecule has 0 radical (unpaired) electrons. The molecular weight excluding hydrogens is 262 g/mol. The highest BCUT2D eigenvalue weighted by atomic mass is 16.5. The Hall–Kier alpha value is -2.08. The van der Waals surface area contributed by atoms with Crippen LogP contribution >= 0.6 is 0 Å². The minimum absolute atomic E-state index is 0.0571. The van der Waals surface area contributed by atoms with E-state index in [-0.39, 0.29) is 13.0 Å². The molecule has 0 bridgehead atoms. The minimum atomic E-state index is -1.22. The van der Waals surface area contributed by atoms with Crippen LogP contribution in [-0.2, 0) is 16.1 Å². The number of carboxylic acid groups (broad SMARTS) is 1. The maximum atomic E-state index is 11.5. The molecule has 6 heteroatoms. The molecule has 0 saturated carbocycles. The number of nitrogens with one attached hydrogen (secondary N) is 1. The highest BCUT2D eigenvalue weighted by Gasteiger charge is 2.27. The maximum absolute atomic E-state index is 11.5. The molecule has 1 aromatic carbocycles. The molecule has 0 aliphatic heterocycles. The van der Waals surface area contributed by atoms with Gasteiger partial charge < -0.3 is 20.3 Å². The quantitative estimate of drug-likeness (QED) is 0.735. The van der Waals surface area contributed by atoms with Gasteiger partial charge in [0.05, 0.1) is 5.60 Å². The van der Waals surface area contributed by atoms with Gasteiger partial charge in [-0.15, -0.1) is 0 Å². The van der Waals surface area contributed by atoms with Gasteiger partial charge in [0, 0.05) is 6.42 Å². The van der Waals surface area contributed by atoms with Gasteiger partial charge >= 0.3 is 12.1 Å². The molecule has 0 fully saturated rings. The maximum Gasteiger partial charge on any atom is 0.408 e. The molecule has 3 N–H and O–H groups in total. The van der Waals surface area contributed by atoms with Gasteiger partial charge in [-0.1, -0.05) is 30.3 Å². The molecule has 0 aromatic heterocycles. The molecule has 0 aliphatic rings. The van der Waals surface area contributed by atoms with E-state index in [4.69, 9.17) is 9.84 Å². The molecular formula is C14H19NO5. The Labute approximate surface area is 117 Å². The summed E-state index contributed by atoms with van der Waals surface area (Å²) in [6.45, 7) is 3.00. The van der Waals surface area contributed by atoms with E-state index >= 15 is 0 Å². The molecule has 6 nitrogen and oxygen atoms in total. The van der Waals surface area contributed by atoms with E-state index in [2.05, 4.69) is 5.32 Å². The Morgan fingerprint density at radius 3 is 2.40 bits per heavy atom. The lowest BCUT2D eigenvalue weighted by Crippen LogP contribution is -2.45. The molecule has 0 saturated heterocycles. The second-order valence-corrected chi connectivity index (χ2v) is 5.11. The van der Waals surface area contributed by atoms with Gasteiger partial charge in [0.2, 0.25) is 0 Å². The molecule has 1 atom stereocenters. The third kappa shape index (κ3) is 6.19. The highest BCUT2D eigenvalue weighted by Crippen LogP contribution is 2.11. The number of aliphatic hydroxyl groups is 1. The molecule has 1 aromatic rings. The molecule has 110 valence electrons. The second-order valence-electron chi connectivity index (χ2n) is 5.11. The van der Waals surface area contributed by atoms with Gasteiger partial charge in [0.15, 0.2) is 0 Å². The number of carbonyl (C=O) groups excluding carboxylic acids is 1. The van der Waals surface area contributed by atoms with Crippen molar-refractivity contribution in [2.75, 3.05) is 0 Å². The number of hydrogen-bond acceptors (Lipinski definition) is 4. The van der Waals surface area contributed by atoms with Crippen molar-refractivity contribution in [3.05, 3.63) is 35.9 Å². The fourth-order valence-electron chi connectivity index (χ4n) is 1.61. The number of aliphatic carboxylic acids is 1. The normalized spacial score (nSPS) is 12.6. The molecule has 1 rings (SSSR count). The van der Waals surface area contributed by atoms with Crippen LogP contribution in [0.2, 0.25) is 0 Å². The number of benzene rings is 1. The van der Waals surface area contributed by atoms with Gasteiger partial charge in [-0.05, 0) is 19.4 Å². The van der Waals surface area contributed by atoms with Gasteiger partial charge in [0.1, 0.15) is 12.6 Å². The fourth-order valence-corrected chi connectivity index (χ4v) is 1.61. The Morgan fingerprint density at radius 1 is 1.30 bits per heavy atom. The van der Waals surface area contributed by atoms with Gasteiger partial charge in [0.25, 0.3) is 0 Å². The monoisotopic (exact) mass is 281 g/mol. The van der Waals surface area contributed by atoms with Crippen LogP contribution in [0.1, 0.15) is 25.8 Å². The Morgan fingerprint density at radius 2 is 1.90 bits per heavy atom. The first-order chi connectivity index (χ1) is 9.28. The van der Waals surface area contributed by atoms with Crippen LogP contribution in [0.4, 0.5) is 4.79 Å². The average molecular weight is 281 g/mol. The zero-order valence-electron chi connectivity index (χ0n) is 11.5. The van der Waals surface area contributed by atoms with E-state index in [1.807, 2.05) is 18.2 Å². The van der Waals surface area contributed by atoms with E-state index in [1.165, 1.54) is 13.8 Å². The predicted molar refractivity (Wildman–Crippen MR) is 72.1 cm³/mol. The van der Waals surface area contributed by atoms with E-state index in [0.29, 0.717) is 0 Å². The minimum Gasteiger partial charge on any atom is -0.480 e. The predicted octanol–water partition coefficient (Wildman–Crippen LogP) is 1.53. The van der Waals surface area contributed by atoms with Crippen molar-refractivity contribution >= 4 is 12.1 Å². The first kappa shape index (κ1) is 16.0. The number of carboxylic acids is 1. The summed E-state index contributed by atoms with van der Waals surface area (Å²) in [4.78, 5) is 22.5. The number of rotatable bonds is 6. The Bertz CT molecular complexity index is 452. The number of alkyl carbamates (subject to hydrolysis) is 1. The van der Waals surface area contributed by atoms with Crippen LogP contribution in [-0.4, -0.2) is 33.9 Å². The smallest absolute Gasteiger partial charge is 0.408 e. The lowest BCUT2D eigenvalue weighted by molar-refractivity contribution is -0.141. The van der Waals surface area contributed by atoms with Crippen molar-refractivity contribution in [3.63, 3.8) is 0 Å². The van der Waals surface area contributed by atoms with E-state index < -0.39 is 23.7 Å². The van der Waals surface area contributed by atoms with Crippen LogP contribution in [0.25, 0.3) is 0 Å². The van der Waals surface area contributed by atoms with E-state index in [9.17, 15) is 14.7 Å². The molecule has 20 heavy (non-hydrogen) atoms. The van der Waals surface area contributed by atoms with Crippen LogP contribution in [0.3, 0.4) is 0 Å². The molecule has 1 amide bonds. The van der Waals surface area contributed by atoms with Crippen molar-refractivity contribution in [2.24, 2.45) is 0 Å². The first-order valence-electron chi connectivity index (χ1n) is 6.20. The summed E-state index contributed by atoms with van der Waals surface area (Å²) < 4.78 is 4.93. The van der Waals surface area contributed by atoms with Gasteiger partial charge in [-0.25, -0.2) is 9.59 Å². The van der Waals surface area contributed by atoms with Crippen molar-refractivity contribution in [1.29, 1.82) is 0 Å². The van der Waals surface area contributed by atoms with Crippen LogP contribution < -0.4 is 5.32 Å². The number of ether oxygens (including phenoxy) is 1. The van der Waals surface area contributed by atoms with Crippen LogP contribution in [0, 0.1) is 0 Å². The Balaban J connectivity index is 2.48. The van der Waals surface area contributed by atoms with E-state index in [0.717, 1.165) is 5.56 Å². The molecule has 0 heterocycles. The second kappa shape index (κ2) is 6.91. The van der Waals surface area contributed by atoms with E-state index in [1.54, 1.807) is 12.1 Å². The highest BCUT2D eigenvalue weighted by molar-refractivity contribution is 5.79. The lowest BCUT2D eigenvalue weighted by Gasteiger charge is -2.22.